The minimum atomic E-state index is -0.388. The molecule has 0 saturated carbocycles. The third-order valence-electron chi connectivity index (χ3n) is 4.99. The maximum Gasteiger partial charge on any atom is 0.227 e. The SMILES string of the molecule is CCc1ccc(Cn2nccc2NC(=O)CC(NC(C)=O)c2ccc(C)cc2)cc1. The number of aryl methyl sites for hydroxylation is 2. The van der Waals surface area contributed by atoms with Crippen LogP contribution in [0, 0.1) is 6.92 Å². The van der Waals surface area contributed by atoms with E-state index >= 15 is 0 Å². The quantitative estimate of drug-likeness (QED) is 0.596. The molecule has 0 aliphatic carbocycles. The second kappa shape index (κ2) is 9.87. The number of anilines is 1. The summed E-state index contributed by atoms with van der Waals surface area (Å²) in [5.41, 5.74) is 4.42. The summed E-state index contributed by atoms with van der Waals surface area (Å²) in [5, 5.41) is 10.1. The predicted octanol–water partition coefficient (Wildman–Crippen LogP) is 4.01. The van der Waals surface area contributed by atoms with Gasteiger partial charge in [-0.05, 0) is 30.0 Å². The second-order valence-corrected chi connectivity index (χ2v) is 7.46. The highest BCUT2D eigenvalue weighted by atomic mass is 16.2. The molecule has 1 heterocycles. The van der Waals surface area contributed by atoms with Crippen molar-refractivity contribution in [3.05, 3.63) is 83.0 Å². The van der Waals surface area contributed by atoms with Crippen molar-refractivity contribution in [2.24, 2.45) is 0 Å². The first kappa shape index (κ1) is 21.3. The number of nitrogens with zero attached hydrogens (tertiary/aromatic N) is 2. The summed E-state index contributed by atoms with van der Waals surface area (Å²) < 4.78 is 1.76. The number of benzene rings is 2. The lowest BCUT2D eigenvalue weighted by Gasteiger charge is -2.18. The van der Waals surface area contributed by atoms with Crippen LogP contribution in [-0.4, -0.2) is 21.6 Å². The van der Waals surface area contributed by atoms with Crippen LogP contribution in [0.15, 0.2) is 60.8 Å². The van der Waals surface area contributed by atoms with Gasteiger partial charge in [0, 0.05) is 13.0 Å². The number of amides is 2. The smallest absolute Gasteiger partial charge is 0.227 e. The normalized spacial score (nSPS) is 11.7. The first-order chi connectivity index (χ1) is 14.4. The van der Waals surface area contributed by atoms with E-state index in [0.717, 1.165) is 23.1 Å². The molecule has 6 heteroatoms. The van der Waals surface area contributed by atoms with Crippen molar-refractivity contribution in [2.45, 2.75) is 46.2 Å². The number of hydrogen-bond acceptors (Lipinski definition) is 3. The fourth-order valence-corrected chi connectivity index (χ4v) is 3.29. The summed E-state index contributed by atoms with van der Waals surface area (Å²) in [4.78, 5) is 24.4. The van der Waals surface area contributed by atoms with Crippen molar-refractivity contribution in [1.82, 2.24) is 15.1 Å². The number of rotatable bonds is 8. The topological polar surface area (TPSA) is 76.0 Å². The molecule has 0 aliphatic heterocycles. The zero-order valence-electron chi connectivity index (χ0n) is 17.7. The average Bonchev–Trinajstić information content (AvgIpc) is 3.14. The Balaban J connectivity index is 1.68. The van der Waals surface area contributed by atoms with Crippen LogP contribution in [-0.2, 0) is 22.6 Å². The average molecular weight is 405 g/mol. The van der Waals surface area contributed by atoms with Crippen LogP contribution in [0.5, 0.6) is 0 Å². The number of hydrogen-bond donors (Lipinski definition) is 2. The van der Waals surface area contributed by atoms with E-state index < -0.39 is 0 Å². The summed E-state index contributed by atoms with van der Waals surface area (Å²) in [6, 6.07) is 17.6. The molecule has 6 nitrogen and oxygen atoms in total. The Morgan fingerprint density at radius 2 is 1.67 bits per heavy atom. The number of carbonyl (C=O) groups excluding carboxylic acids is 2. The van der Waals surface area contributed by atoms with Crippen molar-refractivity contribution in [3.63, 3.8) is 0 Å². The first-order valence-electron chi connectivity index (χ1n) is 10.2. The summed E-state index contributed by atoms with van der Waals surface area (Å²) in [5.74, 6) is 0.274. The molecular formula is C24H28N4O2. The molecule has 30 heavy (non-hydrogen) atoms. The van der Waals surface area contributed by atoms with E-state index in [0.29, 0.717) is 12.4 Å². The van der Waals surface area contributed by atoms with Crippen LogP contribution in [0.2, 0.25) is 0 Å². The predicted molar refractivity (Wildman–Crippen MR) is 118 cm³/mol. The van der Waals surface area contributed by atoms with Gasteiger partial charge in [-0.25, -0.2) is 4.68 Å². The van der Waals surface area contributed by atoms with Gasteiger partial charge >= 0.3 is 0 Å². The Morgan fingerprint density at radius 3 is 2.30 bits per heavy atom. The lowest BCUT2D eigenvalue weighted by atomic mass is 10.0. The van der Waals surface area contributed by atoms with Crippen LogP contribution in [0.25, 0.3) is 0 Å². The standard InChI is InChI=1S/C24H28N4O2/c1-4-19-7-9-20(10-8-19)16-28-23(13-14-25-28)27-24(30)15-22(26-18(3)29)21-11-5-17(2)6-12-21/h5-14,22H,4,15-16H2,1-3H3,(H,26,29)(H,27,30). The van der Waals surface area contributed by atoms with Crippen LogP contribution < -0.4 is 10.6 Å². The van der Waals surface area contributed by atoms with E-state index in [1.54, 1.807) is 16.9 Å². The van der Waals surface area contributed by atoms with Gasteiger partial charge in [0.15, 0.2) is 0 Å². The summed E-state index contributed by atoms with van der Waals surface area (Å²) >= 11 is 0. The molecule has 156 valence electrons. The van der Waals surface area contributed by atoms with E-state index in [1.807, 2.05) is 31.2 Å². The number of nitrogens with one attached hydrogen (secondary N) is 2. The zero-order valence-corrected chi connectivity index (χ0v) is 17.7. The van der Waals surface area contributed by atoms with Gasteiger partial charge in [-0.3, -0.25) is 9.59 Å². The third kappa shape index (κ3) is 5.80. The van der Waals surface area contributed by atoms with Crippen LogP contribution in [0.3, 0.4) is 0 Å². The molecule has 0 bridgehead atoms. The number of carbonyl (C=O) groups is 2. The molecule has 0 saturated heterocycles. The Morgan fingerprint density at radius 1 is 1.00 bits per heavy atom. The highest BCUT2D eigenvalue weighted by molar-refractivity contribution is 5.90. The minimum Gasteiger partial charge on any atom is -0.349 e. The largest absolute Gasteiger partial charge is 0.349 e. The number of aromatic nitrogens is 2. The lowest BCUT2D eigenvalue weighted by molar-refractivity contribution is -0.120. The molecule has 0 aliphatic rings. The van der Waals surface area contributed by atoms with Crippen molar-refractivity contribution in [3.8, 4) is 0 Å². The van der Waals surface area contributed by atoms with Crippen molar-refractivity contribution in [1.29, 1.82) is 0 Å². The lowest BCUT2D eigenvalue weighted by Crippen LogP contribution is -2.30. The van der Waals surface area contributed by atoms with E-state index in [4.69, 9.17) is 0 Å². The molecule has 1 unspecified atom stereocenters. The molecule has 3 aromatic rings. The molecular weight excluding hydrogens is 376 g/mol. The molecule has 0 fully saturated rings. The Hall–Kier alpha value is -3.41. The summed E-state index contributed by atoms with van der Waals surface area (Å²) in [7, 11) is 0. The third-order valence-corrected chi connectivity index (χ3v) is 4.99. The zero-order chi connectivity index (χ0) is 21.5. The maximum absolute atomic E-state index is 12.7. The van der Waals surface area contributed by atoms with Crippen molar-refractivity contribution >= 4 is 17.6 Å². The molecule has 2 N–H and O–H groups in total. The molecule has 1 atom stereocenters. The van der Waals surface area contributed by atoms with Crippen LogP contribution in [0.1, 0.15) is 48.6 Å². The fraction of sp³-hybridized carbons (Fsp3) is 0.292. The summed E-state index contributed by atoms with van der Waals surface area (Å²) in [6.45, 7) is 6.15. The molecule has 0 radical (unpaired) electrons. The molecule has 2 amide bonds. The van der Waals surface area contributed by atoms with Gasteiger partial charge in [-0.1, -0.05) is 61.0 Å². The van der Waals surface area contributed by atoms with Crippen molar-refractivity contribution < 1.29 is 9.59 Å². The summed E-state index contributed by atoms with van der Waals surface area (Å²) in [6.07, 6.45) is 2.81. The van der Waals surface area contributed by atoms with E-state index in [1.165, 1.54) is 12.5 Å². The Labute approximate surface area is 177 Å². The van der Waals surface area contributed by atoms with Gasteiger partial charge in [-0.15, -0.1) is 0 Å². The molecule has 0 spiro atoms. The van der Waals surface area contributed by atoms with Gasteiger partial charge in [-0.2, -0.15) is 5.10 Å². The van der Waals surface area contributed by atoms with Crippen LogP contribution in [0.4, 0.5) is 5.82 Å². The van der Waals surface area contributed by atoms with E-state index in [-0.39, 0.29) is 24.3 Å². The van der Waals surface area contributed by atoms with Crippen molar-refractivity contribution in [2.75, 3.05) is 5.32 Å². The Bertz CT molecular complexity index is 991. The van der Waals surface area contributed by atoms with Gasteiger partial charge in [0.25, 0.3) is 0 Å². The first-order valence-corrected chi connectivity index (χ1v) is 10.2. The Kier molecular flexibility index (Phi) is 7.01. The second-order valence-electron chi connectivity index (χ2n) is 7.46. The fourth-order valence-electron chi connectivity index (χ4n) is 3.29. The maximum atomic E-state index is 12.7. The molecule has 1 aromatic heterocycles. The van der Waals surface area contributed by atoms with Gasteiger partial charge in [0.2, 0.25) is 11.8 Å². The molecule has 3 rings (SSSR count). The van der Waals surface area contributed by atoms with Gasteiger partial charge in [0.05, 0.1) is 25.2 Å². The van der Waals surface area contributed by atoms with Gasteiger partial charge < -0.3 is 10.6 Å². The monoisotopic (exact) mass is 404 g/mol. The van der Waals surface area contributed by atoms with E-state index in [9.17, 15) is 9.59 Å². The molecule has 2 aromatic carbocycles. The minimum absolute atomic E-state index is 0.138. The highest BCUT2D eigenvalue weighted by Gasteiger charge is 2.18. The van der Waals surface area contributed by atoms with Crippen LogP contribution >= 0.6 is 0 Å². The van der Waals surface area contributed by atoms with Gasteiger partial charge in [0.1, 0.15) is 5.82 Å². The highest BCUT2D eigenvalue weighted by Crippen LogP contribution is 2.19. The van der Waals surface area contributed by atoms with E-state index in [2.05, 4.69) is 46.9 Å².